The van der Waals surface area contributed by atoms with Crippen molar-refractivity contribution >= 4 is 31.1 Å². The lowest BCUT2D eigenvalue weighted by Gasteiger charge is -2.47. The smallest absolute Gasteiger partial charge is 0.261 e. The van der Waals surface area contributed by atoms with Crippen LogP contribution in [0.25, 0.3) is 0 Å². The van der Waals surface area contributed by atoms with Crippen LogP contribution in [0.1, 0.15) is 40.0 Å². The lowest BCUT2D eigenvalue weighted by molar-refractivity contribution is 0.0423. The second kappa shape index (κ2) is 9.51. The lowest BCUT2D eigenvalue weighted by Crippen LogP contribution is -2.69. The molecule has 0 radical (unpaired) electrons. The summed E-state index contributed by atoms with van der Waals surface area (Å²) in [7, 11) is -2.53. The highest BCUT2D eigenvalue weighted by Gasteiger charge is 2.54. The van der Waals surface area contributed by atoms with Gasteiger partial charge in [0.1, 0.15) is 0 Å². The van der Waals surface area contributed by atoms with Crippen LogP contribution < -0.4 is 21.6 Å². The van der Waals surface area contributed by atoms with Crippen molar-refractivity contribution in [3.05, 3.63) is 60.7 Å². The van der Waals surface area contributed by atoms with Gasteiger partial charge in [-0.1, -0.05) is 81.4 Å². The van der Waals surface area contributed by atoms with Gasteiger partial charge in [0.15, 0.2) is 0 Å². The highest BCUT2D eigenvalue weighted by molar-refractivity contribution is 6.99. The molecule has 3 atom stereocenters. The van der Waals surface area contributed by atoms with Gasteiger partial charge < -0.3 is 4.43 Å². The first kappa shape index (κ1) is 23.5. The normalized spacial score (nSPS) is 24.9. The maximum Gasteiger partial charge on any atom is 0.261 e. The van der Waals surface area contributed by atoms with Gasteiger partial charge in [0, 0.05) is 12.1 Å². The molecule has 164 valence electrons. The molecule has 1 saturated heterocycles. The van der Waals surface area contributed by atoms with Crippen molar-refractivity contribution in [2.45, 2.75) is 63.3 Å². The van der Waals surface area contributed by atoms with E-state index in [1.807, 2.05) is 0 Å². The van der Waals surface area contributed by atoms with Crippen molar-refractivity contribution in [1.29, 1.82) is 0 Å². The summed E-state index contributed by atoms with van der Waals surface area (Å²) in [5.41, 5.74) is 3.04. The number of nitrogens with zero attached hydrogens (tertiary/aromatic N) is 1. The Labute approximate surface area is 188 Å². The molecule has 1 heterocycles. The van der Waals surface area contributed by atoms with Crippen molar-refractivity contribution in [3.8, 4) is 0 Å². The van der Waals surface area contributed by atoms with Crippen molar-refractivity contribution < 1.29 is 4.43 Å². The van der Waals surface area contributed by atoms with Crippen molar-refractivity contribution in [1.82, 2.24) is 10.3 Å². The Hall–Kier alpha value is -1.21. The van der Waals surface area contributed by atoms with Crippen molar-refractivity contribution in [3.63, 3.8) is 0 Å². The van der Waals surface area contributed by atoms with Crippen LogP contribution in [0.3, 0.4) is 0 Å². The Morgan fingerprint density at radius 3 is 1.87 bits per heavy atom. The van der Waals surface area contributed by atoms with E-state index in [1.54, 1.807) is 0 Å². The average molecular weight is 446 g/mol. The topological polar surface area (TPSA) is 50.5 Å². The summed E-state index contributed by atoms with van der Waals surface area (Å²) in [6.45, 7) is 9.42. The Morgan fingerprint density at radius 1 is 0.933 bits per heavy atom. The first-order valence-corrected chi connectivity index (χ1v) is 12.9. The predicted octanol–water partition coefficient (Wildman–Crippen LogP) is 3.05. The number of benzene rings is 2. The fraction of sp³-hybridized carbons (Fsp3) is 0.500. The summed E-state index contributed by atoms with van der Waals surface area (Å²) >= 11 is 0. The third-order valence-electron chi connectivity index (χ3n) is 6.81. The van der Waals surface area contributed by atoms with Crippen LogP contribution in [0.4, 0.5) is 0 Å². The molecule has 1 aliphatic heterocycles. The highest BCUT2D eigenvalue weighted by atomic mass is 35.5. The van der Waals surface area contributed by atoms with E-state index in [0.29, 0.717) is 12.1 Å². The fourth-order valence-electron chi connectivity index (χ4n) is 5.21. The third kappa shape index (κ3) is 4.24. The van der Waals surface area contributed by atoms with Gasteiger partial charge in [-0.05, 0) is 47.8 Å². The van der Waals surface area contributed by atoms with E-state index in [4.69, 9.17) is 10.3 Å². The molecule has 3 N–H and O–H groups in total. The van der Waals surface area contributed by atoms with Crippen LogP contribution in [-0.2, 0) is 4.43 Å². The van der Waals surface area contributed by atoms with E-state index >= 15 is 0 Å². The Bertz CT molecular complexity index is 756. The van der Waals surface area contributed by atoms with Gasteiger partial charge in [0.2, 0.25) is 0 Å². The predicted molar refractivity (Wildman–Crippen MR) is 130 cm³/mol. The molecule has 0 amide bonds. The van der Waals surface area contributed by atoms with Crippen LogP contribution in [-0.4, -0.2) is 44.5 Å². The molecule has 0 spiro atoms. The minimum Gasteiger partial charge on any atom is -0.403 e. The first-order chi connectivity index (χ1) is 14.0. The Kier molecular flexibility index (Phi) is 7.43. The number of halogens is 1. The molecule has 0 aromatic heterocycles. The maximum absolute atomic E-state index is 7.44. The van der Waals surface area contributed by atoms with Crippen LogP contribution in [0.5, 0.6) is 0 Å². The highest BCUT2D eigenvalue weighted by Crippen LogP contribution is 2.41. The van der Waals surface area contributed by atoms with E-state index in [-0.39, 0.29) is 23.5 Å². The molecule has 2 fully saturated rings. The number of nitrogens with one attached hydrogen (secondary N) is 1. The zero-order chi connectivity index (χ0) is 20.5. The van der Waals surface area contributed by atoms with E-state index in [9.17, 15) is 0 Å². The lowest BCUT2D eigenvalue weighted by atomic mass is 10.1. The van der Waals surface area contributed by atoms with Gasteiger partial charge >= 0.3 is 0 Å². The van der Waals surface area contributed by atoms with Crippen molar-refractivity contribution in [2.24, 2.45) is 5.84 Å². The monoisotopic (exact) mass is 445 g/mol. The summed E-state index contributed by atoms with van der Waals surface area (Å²) in [6, 6.07) is 22.7. The number of hydrogen-bond acceptors (Lipinski definition) is 4. The zero-order valence-corrected chi connectivity index (χ0v) is 20.2. The van der Waals surface area contributed by atoms with Gasteiger partial charge in [0.05, 0.1) is 6.10 Å². The molecule has 30 heavy (non-hydrogen) atoms. The van der Waals surface area contributed by atoms with Gasteiger partial charge in [-0.2, -0.15) is 0 Å². The quantitative estimate of drug-likeness (QED) is 0.407. The minimum atomic E-state index is -2.53. The van der Waals surface area contributed by atoms with Gasteiger partial charge in [-0.3, -0.25) is 16.2 Å². The summed E-state index contributed by atoms with van der Waals surface area (Å²) < 4.78 is 7.44. The van der Waals surface area contributed by atoms with E-state index in [0.717, 1.165) is 12.8 Å². The number of rotatable bonds is 6. The molecule has 0 bridgehead atoms. The van der Waals surface area contributed by atoms with E-state index < -0.39 is 8.32 Å². The second-order valence-corrected chi connectivity index (χ2v) is 13.9. The van der Waals surface area contributed by atoms with E-state index in [2.05, 4.69) is 91.8 Å². The van der Waals surface area contributed by atoms with Crippen LogP contribution in [0, 0.1) is 0 Å². The van der Waals surface area contributed by atoms with Crippen LogP contribution >= 0.6 is 12.4 Å². The summed E-state index contributed by atoms with van der Waals surface area (Å²) in [6.07, 6.45) is 3.53. The third-order valence-corrected chi connectivity index (χ3v) is 11.9. The zero-order valence-electron chi connectivity index (χ0n) is 18.4. The van der Waals surface area contributed by atoms with Crippen LogP contribution in [0.2, 0.25) is 5.04 Å². The van der Waals surface area contributed by atoms with Crippen molar-refractivity contribution in [2.75, 3.05) is 13.1 Å². The average Bonchev–Trinajstić information content (AvgIpc) is 3.07. The molecule has 2 aromatic rings. The second-order valence-electron chi connectivity index (χ2n) is 9.61. The molecular weight excluding hydrogens is 410 g/mol. The maximum atomic E-state index is 7.44. The minimum absolute atomic E-state index is 0. The number of hydrogen-bond donors (Lipinski definition) is 2. The van der Waals surface area contributed by atoms with E-state index in [1.165, 1.54) is 29.9 Å². The molecule has 2 aliphatic rings. The number of likely N-dealkylation sites (tertiary alicyclic amines) is 1. The summed E-state index contributed by atoms with van der Waals surface area (Å²) in [5, 5.41) is 2.71. The molecule has 6 heteroatoms. The summed E-state index contributed by atoms with van der Waals surface area (Å²) in [5.74, 6) is 5.88. The first-order valence-electron chi connectivity index (χ1n) is 10.9. The van der Waals surface area contributed by atoms with Crippen LogP contribution in [0.15, 0.2) is 60.7 Å². The molecule has 2 aromatic carbocycles. The molecule has 3 unspecified atom stereocenters. The molecule has 1 aliphatic carbocycles. The SMILES string of the molecule is CC(C)(C)[Si](OC1CC(NN)CC1N1CCC1)(c1ccccc1)c1ccccc1.Cl. The van der Waals surface area contributed by atoms with Gasteiger partial charge in [-0.15, -0.1) is 12.4 Å². The number of hydrazine groups is 1. The Morgan fingerprint density at radius 2 is 1.47 bits per heavy atom. The van der Waals surface area contributed by atoms with Gasteiger partial charge in [0.25, 0.3) is 8.32 Å². The molecular formula is C24H36ClN3OSi. The molecule has 4 nitrogen and oxygen atoms in total. The number of nitrogens with two attached hydrogens (primary N) is 1. The largest absolute Gasteiger partial charge is 0.403 e. The Balaban J connectivity index is 0.00000256. The fourth-order valence-corrected chi connectivity index (χ4v) is 9.94. The van der Waals surface area contributed by atoms with Gasteiger partial charge in [-0.25, -0.2) is 0 Å². The molecule has 4 rings (SSSR count). The molecule has 1 saturated carbocycles. The standard InChI is InChI=1S/C24H35N3OSi.ClH/c1-24(2,3)29(20-11-6-4-7-12-20,21-13-8-5-9-14-21)28-23-18-19(26-25)17-22(23)27-15-10-16-27;/h4-9,11-14,19,22-23,26H,10,15-18,25H2,1-3H3;1H. The summed E-state index contributed by atoms with van der Waals surface area (Å²) in [4.78, 5) is 2.60.